The van der Waals surface area contributed by atoms with Crippen LogP contribution in [-0.2, 0) is 4.74 Å². The molecule has 5 heteroatoms. The normalized spacial score (nSPS) is 16.1. The highest BCUT2D eigenvalue weighted by atomic mass is 16.5. The second-order valence-electron chi connectivity index (χ2n) is 9.34. The molecule has 1 heterocycles. The van der Waals surface area contributed by atoms with Crippen LogP contribution in [0, 0.1) is 0 Å². The number of piperazine rings is 1. The molecule has 1 saturated heterocycles. The zero-order valence-electron chi connectivity index (χ0n) is 20.8. The Morgan fingerprint density at radius 2 is 1.44 bits per heavy atom. The topological polar surface area (TPSA) is 45.2 Å². The molecule has 5 nitrogen and oxygen atoms in total. The summed E-state index contributed by atoms with van der Waals surface area (Å²) in [6, 6.07) is 33.2. The van der Waals surface area contributed by atoms with Crippen LogP contribution < -0.4 is 9.64 Å². The minimum absolute atomic E-state index is 0.229. The molecule has 1 fully saturated rings. The number of aliphatic hydroxyl groups excluding tert-OH is 1. The molecule has 0 spiro atoms. The predicted molar refractivity (Wildman–Crippen MR) is 146 cm³/mol. The molecule has 2 unspecified atom stereocenters. The van der Waals surface area contributed by atoms with Gasteiger partial charge in [0.15, 0.2) is 0 Å². The van der Waals surface area contributed by atoms with E-state index in [0.717, 1.165) is 48.7 Å². The lowest BCUT2D eigenvalue weighted by Gasteiger charge is -2.37. The molecule has 1 N–H and O–H groups in total. The number of para-hydroxylation sites is 2. The summed E-state index contributed by atoms with van der Waals surface area (Å²) < 4.78 is 11.9. The standard InChI is InChI=1S/C31H34N2O3/c1-35-30-14-8-7-13-29(30)33-19-17-32(18-20-33)22-28(34)23-36-31(25-10-3-2-4-11-25)27-16-15-24-9-5-6-12-26(24)21-27/h2-16,21,28,31,34H,17-20,22-23H2,1H3. The summed E-state index contributed by atoms with van der Waals surface area (Å²) in [7, 11) is 1.71. The summed E-state index contributed by atoms with van der Waals surface area (Å²) >= 11 is 0. The van der Waals surface area contributed by atoms with Crippen molar-refractivity contribution in [1.82, 2.24) is 4.90 Å². The van der Waals surface area contributed by atoms with Gasteiger partial charge in [-0.2, -0.15) is 0 Å². The quantitative estimate of drug-likeness (QED) is 0.358. The highest BCUT2D eigenvalue weighted by Crippen LogP contribution is 2.30. The fourth-order valence-corrected chi connectivity index (χ4v) is 5.00. The van der Waals surface area contributed by atoms with Gasteiger partial charge < -0.3 is 19.5 Å². The van der Waals surface area contributed by atoms with Gasteiger partial charge in [0, 0.05) is 32.7 Å². The number of rotatable bonds is 9. The van der Waals surface area contributed by atoms with Crippen LogP contribution in [0.3, 0.4) is 0 Å². The van der Waals surface area contributed by atoms with Crippen molar-refractivity contribution in [2.24, 2.45) is 0 Å². The molecule has 2 atom stereocenters. The largest absolute Gasteiger partial charge is 0.495 e. The summed E-state index contributed by atoms with van der Waals surface area (Å²) in [6.07, 6.45) is -0.790. The van der Waals surface area contributed by atoms with Crippen molar-refractivity contribution >= 4 is 16.5 Å². The Hall–Kier alpha value is -3.38. The van der Waals surface area contributed by atoms with Crippen LogP contribution in [0.2, 0.25) is 0 Å². The Bertz CT molecular complexity index is 1250. The summed E-state index contributed by atoms with van der Waals surface area (Å²) in [5.74, 6) is 0.903. The molecule has 0 aliphatic carbocycles. The SMILES string of the molecule is COc1ccccc1N1CCN(CC(O)COC(c2ccccc2)c2ccc3ccccc3c2)CC1. The van der Waals surface area contributed by atoms with Crippen molar-refractivity contribution in [3.8, 4) is 5.75 Å². The number of ether oxygens (including phenoxy) is 2. The smallest absolute Gasteiger partial charge is 0.142 e. The van der Waals surface area contributed by atoms with Gasteiger partial charge in [-0.3, -0.25) is 4.90 Å². The second-order valence-corrected chi connectivity index (χ2v) is 9.34. The Labute approximate surface area is 213 Å². The first-order chi connectivity index (χ1) is 17.7. The number of hydrogen-bond donors (Lipinski definition) is 1. The summed E-state index contributed by atoms with van der Waals surface area (Å²) in [4.78, 5) is 4.66. The first-order valence-electron chi connectivity index (χ1n) is 12.6. The summed E-state index contributed by atoms with van der Waals surface area (Å²) in [5, 5.41) is 13.3. The van der Waals surface area contributed by atoms with E-state index in [0.29, 0.717) is 6.54 Å². The molecule has 36 heavy (non-hydrogen) atoms. The fraction of sp³-hybridized carbons (Fsp3) is 0.290. The average Bonchev–Trinajstić information content (AvgIpc) is 2.94. The third kappa shape index (κ3) is 5.71. The molecule has 1 aliphatic rings. The van der Waals surface area contributed by atoms with E-state index in [2.05, 4.69) is 70.5 Å². The Balaban J connectivity index is 1.20. The number of aliphatic hydroxyl groups is 1. The fourth-order valence-electron chi connectivity index (χ4n) is 5.00. The van der Waals surface area contributed by atoms with E-state index >= 15 is 0 Å². The lowest BCUT2D eigenvalue weighted by atomic mass is 9.98. The molecule has 0 aromatic heterocycles. The van der Waals surface area contributed by atoms with Crippen molar-refractivity contribution in [2.45, 2.75) is 12.2 Å². The highest BCUT2D eigenvalue weighted by molar-refractivity contribution is 5.83. The van der Waals surface area contributed by atoms with Crippen LogP contribution in [0.1, 0.15) is 17.2 Å². The lowest BCUT2D eigenvalue weighted by molar-refractivity contribution is -0.00890. The molecule has 0 saturated carbocycles. The van der Waals surface area contributed by atoms with Gasteiger partial charge in [-0.05, 0) is 40.1 Å². The van der Waals surface area contributed by atoms with Crippen molar-refractivity contribution in [1.29, 1.82) is 0 Å². The van der Waals surface area contributed by atoms with Crippen molar-refractivity contribution in [3.63, 3.8) is 0 Å². The van der Waals surface area contributed by atoms with E-state index in [1.54, 1.807) is 7.11 Å². The monoisotopic (exact) mass is 482 g/mol. The molecule has 186 valence electrons. The summed E-state index contributed by atoms with van der Waals surface area (Å²) in [6.45, 7) is 4.46. The molecule has 4 aromatic rings. The number of nitrogens with zero attached hydrogens (tertiary/aromatic N) is 2. The van der Waals surface area contributed by atoms with E-state index in [1.165, 1.54) is 10.8 Å². The first-order valence-corrected chi connectivity index (χ1v) is 12.6. The molecule has 0 radical (unpaired) electrons. The van der Waals surface area contributed by atoms with Gasteiger partial charge in [0.25, 0.3) is 0 Å². The van der Waals surface area contributed by atoms with Crippen LogP contribution in [0.15, 0.2) is 97.1 Å². The first kappa shape index (κ1) is 24.3. The number of β-amino-alcohol motifs (C(OH)–C–C–N with tert-alkyl or cyclic N) is 1. The minimum atomic E-state index is -0.561. The number of fused-ring (bicyclic) bond motifs is 1. The summed E-state index contributed by atoms with van der Waals surface area (Å²) in [5.41, 5.74) is 3.31. The maximum absolute atomic E-state index is 10.9. The molecule has 5 rings (SSSR count). The van der Waals surface area contributed by atoms with Crippen LogP contribution in [0.5, 0.6) is 5.75 Å². The van der Waals surface area contributed by atoms with Crippen LogP contribution in [0.4, 0.5) is 5.69 Å². The maximum atomic E-state index is 10.9. The molecule has 0 bridgehead atoms. The number of benzene rings is 4. The predicted octanol–water partition coefficient (Wildman–Crippen LogP) is 5.14. The van der Waals surface area contributed by atoms with Gasteiger partial charge in [-0.1, -0.05) is 78.9 Å². The average molecular weight is 483 g/mol. The molecule has 4 aromatic carbocycles. The lowest BCUT2D eigenvalue weighted by Crippen LogP contribution is -2.49. The van der Waals surface area contributed by atoms with E-state index in [4.69, 9.17) is 9.47 Å². The Morgan fingerprint density at radius 3 is 2.22 bits per heavy atom. The Kier molecular flexibility index (Phi) is 7.82. The van der Waals surface area contributed by atoms with Gasteiger partial charge in [0.1, 0.15) is 11.9 Å². The zero-order valence-corrected chi connectivity index (χ0v) is 20.8. The Morgan fingerprint density at radius 1 is 0.750 bits per heavy atom. The maximum Gasteiger partial charge on any atom is 0.142 e. The minimum Gasteiger partial charge on any atom is -0.495 e. The van der Waals surface area contributed by atoms with Crippen LogP contribution in [0.25, 0.3) is 10.8 Å². The molecular weight excluding hydrogens is 448 g/mol. The third-order valence-electron chi connectivity index (χ3n) is 6.90. The van der Waals surface area contributed by atoms with E-state index < -0.39 is 6.10 Å². The third-order valence-corrected chi connectivity index (χ3v) is 6.90. The van der Waals surface area contributed by atoms with E-state index in [-0.39, 0.29) is 12.7 Å². The van der Waals surface area contributed by atoms with Crippen LogP contribution >= 0.6 is 0 Å². The van der Waals surface area contributed by atoms with Gasteiger partial charge in [-0.25, -0.2) is 0 Å². The van der Waals surface area contributed by atoms with Crippen molar-refractivity contribution in [3.05, 3.63) is 108 Å². The highest BCUT2D eigenvalue weighted by Gasteiger charge is 2.23. The van der Waals surface area contributed by atoms with Gasteiger partial charge in [-0.15, -0.1) is 0 Å². The molecule has 0 amide bonds. The van der Waals surface area contributed by atoms with Crippen LogP contribution in [-0.4, -0.2) is 62.6 Å². The number of hydrogen-bond acceptors (Lipinski definition) is 5. The van der Waals surface area contributed by atoms with Crippen molar-refractivity contribution in [2.75, 3.05) is 51.3 Å². The molecular formula is C31H34N2O3. The molecule has 1 aliphatic heterocycles. The van der Waals surface area contributed by atoms with E-state index in [1.807, 2.05) is 36.4 Å². The van der Waals surface area contributed by atoms with Gasteiger partial charge >= 0.3 is 0 Å². The van der Waals surface area contributed by atoms with Crippen molar-refractivity contribution < 1.29 is 14.6 Å². The number of anilines is 1. The van der Waals surface area contributed by atoms with E-state index in [9.17, 15) is 5.11 Å². The number of methoxy groups -OCH3 is 1. The van der Waals surface area contributed by atoms with Gasteiger partial charge in [0.05, 0.1) is 25.5 Å². The second kappa shape index (κ2) is 11.6. The van der Waals surface area contributed by atoms with Gasteiger partial charge in [0.2, 0.25) is 0 Å². The zero-order chi connectivity index (χ0) is 24.7.